The van der Waals surface area contributed by atoms with Gasteiger partial charge in [0, 0.05) is 41.7 Å². The van der Waals surface area contributed by atoms with E-state index < -0.39 is 0 Å². The van der Waals surface area contributed by atoms with Crippen LogP contribution in [0.25, 0.3) is 0 Å². The molecule has 0 bridgehead atoms. The van der Waals surface area contributed by atoms with Gasteiger partial charge in [-0.2, -0.15) is 0 Å². The summed E-state index contributed by atoms with van der Waals surface area (Å²) in [5.74, 6) is 0.459. The molecule has 1 N–H and O–H groups in total. The Morgan fingerprint density at radius 1 is 1.14 bits per heavy atom. The molecule has 0 aliphatic carbocycles. The molecule has 28 heavy (non-hydrogen) atoms. The van der Waals surface area contributed by atoms with Gasteiger partial charge < -0.3 is 10.1 Å². The van der Waals surface area contributed by atoms with Crippen molar-refractivity contribution in [3.05, 3.63) is 64.9 Å². The van der Waals surface area contributed by atoms with E-state index in [1.807, 2.05) is 24.3 Å². The topological polar surface area (TPSA) is 41.6 Å². The van der Waals surface area contributed by atoms with Crippen LogP contribution in [0, 0.1) is 5.82 Å². The normalized spacial score (nSPS) is 15.9. The van der Waals surface area contributed by atoms with Crippen LogP contribution in [0.4, 0.5) is 4.39 Å². The van der Waals surface area contributed by atoms with Crippen molar-refractivity contribution < 1.29 is 13.9 Å². The van der Waals surface area contributed by atoms with E-state index in [0.29, 0.717) is 37.0 Å². The zero-order valence-corrected chi connectivity index (χ0v) is 17.1. The smallest absolute Gasteiger partial charge is 0.220 e. The number of ether oxygens (including phenoxy) is 1. The van der Waals surface area contributed by atoms with Crippen LogP contribution in [-0.2, 0) is 9.53 Å². The lowest BCUT2D eigenvalue weighted by atomic mass is 10.0. The molecule has 3 rings (SSSR count). The molecule has 150 valence electrons. The standard InChI is InChI=1S/C21H24ClFN2O2S/c22-17-3-7-19(8-4-17)28-14-9-21(26)24-15-20(25-10-12-27-13-11-25)16-1-5-18(23)6-2-16/h1-8,20H,9-15H2,(H,24,26). The number of thioether (sulfide) groups is 1. The maximum atomic E-state index is 13.3. The number of rotatable bonds is 8. The van der Waals surface area contributed by atoms with Gasteiger partial charge in [0.2, 0.25) is 5.91 Å². The van der Waals surface area contributed by atoms with E-state index in [1.54, 1.807) is 23.9 Å². The van der Waals surface area contributed by atoms with Crippen molar-refractivity contribution in [3.63, 3.8) is 0 Å². The number of carbonyl (C=O) groups excluding carboxylic acids is 1. The Morgan fingerprint density at radius 3 is 2.50 bits per heavy atom. The number of nitrogens with one attached hydrogen (secondary N) is 1. The molecule has 1 fully saturated rings. The highest BCUT2D eigenvalue weighted by molar-refractivity contribution is 7.99. The summed E-state index contributed by atoms with van der Waals surface area (Å²) in [6, 6.07) is 14.1. The molecule has 1 amide bonds. The summed E-state index contributed by atoms with van der Waals surface area (Å²) in [6.07, 6.45) is 0.437. The molecule has 1 heterocycles. The van der Waals surface area contributed by atoms with Crippen molar-refractivity contribution in [1.82, 2.24) is 10.2 Å². The second kappa shape index (κ2) is 10.8. The monoisotopic (exact) mass is 422 g/mol. The molecular formula is C21H24ClFN2O2S. The second-order valence-electron chi connectivity index (χ2n) is 6.57. The van der Waals surface area contributed by atoms with Crippen LogP contribution >= 0.6 is 23.4 Å². The van der Waals surface area contributed by atoms with Crippen LogP contribution < -0.4 is 5.32 Å². The van der Waals surface area contributed by atoms with Crippen LogP contribution in [0.2, 0.25) is 5.02 Å². The molecule has 0 spiro atoms. The first-order chi connectivity index (χ1) is 13.6. The van der Waals surface area contributed by atoms with E-state index in [2.05, 4.69) is 10.2 Å². The van der Waals surface area contributed by atoms with Crippen LogP contribution in [0.5, 0.6) is 0 Å². The first-order valence-corrected chi connectivity index (χ1v) is 10.7. The third-order valence-electron chi connectivity index (χ3n) is 4.65. The fourth-order valence-electron chi connectivity index (χ4n) is 3.12. The molecule has 1 aliphatic rings. The number of amides is 1. The van der Waals surface area contributed by atoms with Crippen LogP contribution in [-0.4, -0.2) is 49.4 Å². The zero-order chi connectivity index (χ0) is 19.8. The molecule has 4 nitrogen and oxygen atoms in total. The van der Waals surface area contributed by atoms with Gasteiger partial charge in [0.15, 0.2) is 0 Å². The zero-order valence-electron chi connectivity index (χ0n) is 15.6. The van der Waals surface area contributed by atoms with Gasteiger partial charge in [-0.05, 0) is 42.0 Å². The van der Waals surface area contributed by atoms with Gasteiger partial charge >= 0.3 is 0 Å². The molecule has 1 atom stereocenters. The minimum atomic E-state index is -0.257. The van der Waals surface area contributed by atoms with E-state index in [0.717, 1.165) is 23.5 Å². The molecule has 2 aromatic rings. The molecular weight excluding hydrogens is 399 g/mol. The Labute approximate surface area is 174 Å². The number of carbonyl (C=O) groups is 1. The maximum absolute atomic E-state index is 13.3. The largest absolute Gasteiger partial charge is 0.379 e. The van der Waals surface area contributed by atoms with Crippen LogP contribution in [0.3, 0.4) is 0 Å². The second-order valence-corrected chi connectivity index (χ2v) is 8.18. The minimum absolute atomic E-state index is 0.0115. The molecule has 0 radical (unpaired) electrons. The Kier molecular flexibility index (Phi) is 8.15. The first-order valence-electron chi connectivity index (χ1n) is 9.34. The number of morpholine rings is 1. The quantitative estimate of drug-likeness (QED) is 0.649. The van der Waals surface area contributed by atoms with Gasteiger partial charge in [-0.1, -0.05) is 23.7 Å². The van der Waals surface area contributed by atoms with Crippen molar-refractivity contribution in [1.29, 1.82) is 0 Å². The number of benzene rings is 2. The van der Waals surface area contributed by atoms with Gasteiger partial charge in [0.1, 0.15) is 5.82 Å². The van der Waals surface area contributed by atoms with Crippen LogP contribution in [0.15, 0.2) is 53.4 Å². The highest BCUT2D eigenvalue weighted by Crippen LogP contribution is 2.23. The highest BCUT2D eigenvalue weighted by Gasteiger charge is 2.23. The van der Waals surface area contributed by atoms with Crippen molar-refractivity contribution >= 4 is 29.3 Å². The molecule has 0 saturated carbocycles. The summed E-state index contributed by atoms with van der Waals surface area (Å²) in [6.45, 7) is 3.43. The van der Waals surface area contributed by atoms with Gasteiger partial charge in [-0.15, -0.1) is 11.8 Å². The lowest BCUT2D eigenvalue weighted by Gasteiger charge is -2.35. The Morgan fingerprint density at radius 2 is 1.82 bits per heavy atom. The van der Waals surface area contributed by atoms with Crippen molar-refractivity contribution in [3.8, 4) is 0 Å². The maximum Gasteiger partial charge on any atom is 0.220 e. The van der Waals surface area contributed by atoms with Gasteiger partial charge in [-0.25, -0.2) is 4.39 Å². The first kappa shape index (κ1) is 21.1. The van der Waals surface area contributed by atoms with E-state index in [-0.39, 0.29) is 17.8 Å². The Bertz CT molecular complexity index is 752. The van der Waals surface area contributed by atoms with Gasteiger partial charge in [0.05, 0.1) is 19.3 Å². The predicted octanol–water partition coefficient (Wildman–Crippen LogP) is 4.15. The lowest BCUT2D eigenvalue weighted by molar-refractivity contribution is -0.121. The third kappa shape index (κ3) is 6.48. The molecule has 1 aliphatic heterocycles. The van der Waals surface area contributed by atoms with Crippen molar-refractivity contribution in [2.45, 2.75) is 17.4 Å². The summed E-state index contributed by atoms with van der Waals surface area (Å²) in [5.41, 5.74) is 0.999. The van der Waals surface area contributed by atoms with Gasteiger partial charge in [-0.3, -0.25) is 9.69 Å². The molecule has 1 saturated heterocycles. The Balaban J connectivity index is 1.51. The summed E-state index contributed by atoms with van der Waals surface area (Å²) in [5, 5.41) is 3.74. The van der Waals surface area contributed by atoms with E-state index in [9.17, 15) is 9.18 Å². The number of nitrogens with zero attached hydrogens (tertiary/aromatic N) is 1. The average Bonchev–Trinajstić information content (AvgIpc) is 2.72. The summed E-state index contributed by atoms with van der Waals surface area (Å²) in [4.78, 5) is 15.7. The molecule has 7 heteroatoms. The fourth-order valence-corrected chi connectivity index (χ4v) is 4.10. The SMILES string of the molecule is O=C(CCSc1ccc(Cl)cc1)NCC(c1ccc(F)cc1)N1CCOCC1. The number of hydrogen-bond donors (Lipinski definition) is 1. The molecule has 1 unspecified atom stereocenters. The number of halogens is 2. The average molecular weight is 423 g/mol. The molecule has 0 aromatic heterocycles. The fraction of sp³-hybridized carbons (Fsp3) is 0.381. The van der Waals surface area contributed by atoms with Crippen molar-refractivity contribution in [2.24, 2.45) is 0 Å². The summed E-state index contributed by atoms with van der Waals surface area (Å²) in [7, 11) is 0. The van der Waals surface area contributed by atoms with E-state index in [4.69, 9.17) is 16.3 Å². The minimum Gasteiger partial charge on any atom is -0.379 e. The summed E-state index contributed by atoms with van der Waals surface area (Å²) >= 11 is 7.51. The van der Waals surface area contributed by atoms with Crippen LogP contribution in [0.1, 0.15) is 18.0 Å². The van der Waals surface area contributed by atoms with E-state index in [1.165, 1.54) is 12.1 Å². The predicted molar refractivity (Wildman–Crippen MR) is 111 cm³/mol. The highest BCUT2D eigenvalue weighted by atomic mass is 35.5. The van der Waals surface area contributed by atoms with Crippen molar-refractivity contribution in [2.75, 3.05) is 38.6 Å². The number of hydrogen-bond acceptors (Lipinski definition) is 4. The summed E-state index contributed by atoms with van der Waals surface area (Å²) < 4.78 is 18.7. The lowest BCUT2D eigenvalue weighted by Crippen LogP contribution is -2.43. The Hall–Kier alpha value is -1.60. The van der Waals surface area contributed by atoms with Gasteiger partial charge in [0.25, 0.3) is 0 Å². The molecule has 2 aromatic carbocycles. The van der Waals surface area contributed by atoms with E-state index >= 15 is 0 Å². The third-order valence-corrected chi connectivity index (χ3v) is 5.91.